The topological polar surface area (TPSA) is 52.6 Å². The lowest BCUT2D eigenvalue weighted by atomic mass is 9.92. The molecule has 0 bridgehead atoms. The first-order valence-corrected chi connectivity index (χ1v) is 8.33. The van der Waals surface area contributed by atoms with Gasteiger partial charge in [-0.25, -0.2) is 0 Å². The molecule has 1 aliphatic heterocycles. The summed E-state index contributed by atoms with van der Waals surface area (Å²) in [6, 6.07) is 10.4. The molecular formula is C18H26N2O2. The summed E-state index contributed by atoms with van der Waals surface area (Å²) in [6.07, 6.45) is 3.82. The van der Waals surface area contributed by atoms with E-state index in [0.717, 1.165) is 50.9 Å². The summed E-state index contributed by atoms with van der Waals surface area (Å²) in [5.74, 6) is 0.177. The fourth-order valence-corrected chi connectivity index (χ4v) is 3.44. The van der Waals surface area contributed by atoms with Gasteiger partial charge < -0.3 is 15.3 Å². The molecule has 1 atom stereocenters. The van der Waals surface area contributed by atoms with Gasteiger partial charge in [-0.3, -0.25) is 4.79 Å². The van der Waals surface area contributed by atoms with Gasteiger partial charge >= 0.3 is 0 Å². The van der Waals surface area contributed by atoms with E-state index in [1.807, 2.05) is 35.2 Å². The Morgan fingerprint density at radius 2 is 1.95 bits per heavy atom. The van der Waals surface area contributed by atoms with Crippen LogP contribution in [-0.2, 0) is 4.79 Å². The second-order valence-corrected chi connectivity index (χ2v) is 6.84. The van der Waals surface area contributed by atoms with Crippen LogP contribution in [0, 0.1) is 5.41 Å². The van der Waals surface area contributed by atoms with Crippen molar-refractivity contribution in [3.63, 3.8) is 0 Å². The molecule has 4 heteroatoms. The van der Waals surface area contributed by atoms with Crippen LogP contribution < -0.4 is 5.32 Å². The van der Waals surface area contributed by atoms with Crippen molar-refractivity contribution in [2.75, 3.05) is 19.6 Å². The van der Waals surface area contributed by atoms with E-state index in [4.69, 9.17) is 0 Å². The average Bonchev–Trinajstić information content (AvgIpc) is 3.34. The van der Waals surface area contributed by atoms with E-state index >= 15 is 0 Å². The van der Waals surface area contributed by atoms with Crippen molar-refractivity contribution < 1.29 is 9.90 Å². The van der Waals surface area contributed by atoms with Crippen molar-refractivity contribution in [3.8, 4) is 0 Å². The summed E-state index contributed by atoms with van der Waals surface area (Å²) in [6.45, 7) is 4.21. The van der Waals surface area contributed by atoms with Crippen LogP contribution >= 0.6 is 0 Å². The minimum atomic E-state index is -0.376. The predicted octanol–water partition coefficient (Wildman–Crippen LogP) is 2.10. The number of rotatable bonds is 5. The van der Waals surface area contributed by atoms with Gasteiger partial charge in [0.05, 0.1) is 6.10 Å². The lowest BCUT2D eigenvalue weighted by Crippen LogP contribution is -2.46. The first-order valence-electron chi connectivity index (χ1n) is 8.33. The molecule has 2 N–H and O–H groups in total. The van der Waals surface area contributed by atoms with Gasteiger partial charge in [0.1, 0.15) is 0 Å². The number of likely N-dealkylation sites (tertiary alicyclic amines) is 1. The standard InChI is InChI=1S/C18H26N2O2/c1-14(21)20-11-7-16(8-12-20)19-13-18(9-10-18)17(22)15-5-3-2-4-6-15/h2-6,16-17,19,22H,7-13H2,1H3. The average molecular weight is 302 g/mol. The summed E-state index contributed by atoms with van der Waals surface area (Å²) < 4.78 is 0. The quantitative estimate of drug-likeness (QED) is 0.876. The molecule has 4 nitrogen and oxygen atoms in total. The SMILES string of the molecule is CC(=O)N1CCC(NCC2(C(O)c3ccccc3)CC2)CC1. The highest BCUT2D eigenvalue weighted by Gasteiger charge is 2.49. The molecule has 1 aromatic carbocycles. The van der Waals surface area contributed by atoms with E-state index in [-0.39, 0.29) is 17.4 Å². The highest BCUT2D eigenvalue weighted by atomic mass is 16.3. The molecule has 2 aliphatic rings. The van der Waals surface area contributed by atoms with Crippen molar-refractivity contribution in [1.82, 2.24) is 10.2 Å². The molecule has 3 rings (SSSR count). The summed E-state index contributed by atoms with van der Waals surface area (Å²) in [5.41, 5.74) is 1.03. The van der Waals surface area contributed by atoms with E-state index in [2.05, 4.69) is 5.32 Å². The Morgan fingerprint density at radius 1 is 1.32 bits per heavy atom. The lowest BCUT2D eigenvalue weighted by molar-refractivity contribution is -0.129. The smallest absolute Gasteiger partial charge is 0.219 e. The minimum absolute atomic E-state index is 0.0130. The van der Waals surface area contributed by atoms with E-state index < -0.39 is 0 Å². The number of nitrogens with one attached hydrogen (secondary N) is 1. The number of aliphatic hydroxyl groups excluding tert-OH is 1. The Morgan fingerprint density at radius 3 is 2.50 bits per heavy atom. The Kier molecular flexibility index (Phi) is 4.50. The molecule has 22 heavy (non-hydrogen) atoms. The van der Waals surface area contributed by atoms with Crippen LogP contribution in [0.1, 0.15) is 44.3 Å². The van der Waals surface area contributed by atoms with Gasteiger partial charge in [0.15, 0.2) is 0 Å². The number of nitrogens with zero attached hydrogens (tertiary/aromatic N) is 1. The molecule has 1 unspecified atom stereocenters. The maximum absolute atomic E-state index is 11.4. The molecule has 2 fully saturated rings. The van der Waals surface area contributed by atoms with Crippen LogP contribution in [0.15, 0.2) is 30.3 Å². The molecule has 1 saturated carbocycles. The van der Waals surface area contributed by atoms with Gasteiger partial charge in [-0.15, -0.1) is 0 Å². The monoisotopic (exact) mass is 302 g/mol. The fraction of sp³-hybridized carbons (Fsp3) is 0.611. The molecule has 0 radical (unpaired) electrons. The van der Waals surface area contributed by atoms with Crippen LogP contribution in [0.5, 0.6) is 0 Å². The van der Waals surface area contributed by atoms with Crippen molar-refractivity contribution >= 4 is 5.91 Å². The Bertz CT molecular complexity index is 505. The summed E-state index contributed by atoms with van der Waals surface area (Å²) >= 11 is 0. The van der Waals surface area contributed by atoms with Crippen molar-refractivity contribution in [2.24, 2.45) is 5.41 Å². The lowest BCUT2D eigenvalue weighted by Gasteiger charge is -2.33. The largest absolute Gasteiger partial charge is 0.388 e. The zero-order valence-corrected chi connectivity index (χ0v) is 13.3. The van der Waals surface area contributed by atoms with Gasteiger partial charge in [0.2, 0.25) is 5.91 Å². The second-order valence-electron chi connectivity index (χ2n) is 6.84. The summed E-state index contributed by atoms with van der Waals surface area (Å²) in [7, 11) is 0. The minimum Gasteiger partial charge on any atom is -0.388 e. The highest BCUT2D eigenvalue weighted by molar-refractivity contribution is 5.73. The van der Waals surface area contributed by atoms with Gasteiger partial charge in [0, 0.05) is 38.0 Å². The van der Waals surface area contributed by atoms with E-state index in [9.17, 15) is 9.90 Å². The zero-order valence-electron chi connectivity index (χ0n) is 13.3. The first kappa shape index (κ1) is 15.5. The second kappa shape index (κ2) is 6.39. The normalized spacial score (nSPS) is 22.4. The molecule has 1 amide bonds. The van der Waals surface area contributed by atoms with Gasteiger partial charge in [-0.05, 0) is 31.2 Å². The number of hydrogen-bond donors (Lipinski definition) is 2. The zero-order chi connectivity index (χ0) is 15.6. The predicted molar refractivity (Wildman–Crippen MR) is 86.3 cm³/mol. The third kappa shape index (κ3) is 3.33. The molecule has 1 aromatic rings. The molecular weight excluding hydrogens is 276 g/mol. The molecule has 120 valence electrons. The molecule has 1 saturated heterocycles. The third-order valence-electron chi connectivity index (χ3n) is 5.27. The molecule has 0 spiro atoms. The number of aliphatic hydroxyl groups is 1. The fourth-order valence-electron chi connectivity index (χ4n) is 3.44. The van der Waals surface area contributed by atoms with Gasteiger partial charge in [-0.1, -0.05) is 30.3 Å². The number of amides is 1. The van der Waals surface area contributed by atoms with Gasteiger partial charge in [0.25, 0.3) is 0 Å². The number of hydrogen-bond acceptors (Lipinski definition) is 3. The number of benzene rings is 1. The molecule has 1 aliphatic carbocycles. The summed E-state index contributed by atoms with van der Waals surface area (Å²) in [5, 5.41) is 14.3. The maximum Gasteiger partial charge on any atom is 0.219 e. The number of piperidine rings is 1. The van der Waals surface area contributed by atoms with Crippen LogP contribution in [0.4, 0.5) is 0 Å². The van der Waals surface area contributed by atoms with Gasteiger partial charge in [-0.2, -0.15) is 0 Å². The van der Waals surface area contributed by atoms with Crippen LogP contribution in [0.2, 0.25) is 0 Å². The van der Waals surface area contributed by atoms with Crippen LogP contribution in [-0.4, -0.2) is 41.6 Å². The van der Waals surface area contributed by atoms with E-state index in [1.54, 1.807) is 6.92 Å². The third-order valence-corrected chi connectivity index (χ3v) is 5.27. The van der Waals surface area contributed by atoms with Crippen molar-refractivity contribution in [1.29, 1.82) is 0 Å². The molecule has 1 heterocycles. The Balaban J connectivity index is 1.50. The summed E-state index contributed by atoms with van der Waals surface area (Å²) in [4.78, 5) is 13.3. The van der Waals surface area contributed by atoms with Crippen molar-refractivity contribution in [3.05, 3.63) is 35.9 Å². The van der Waals surface area contributed by atoms with Crippen LogP contribution in [0.25, 0.3) is 0 Å². The highest BCUT2D eigenvalue weighted by Crippen LogP contribution is 2.54. The Labute approximate surface area is 132 Å². The van der Waals surface area contributed by atoms with Crippen LogP contribution in [0.3, 0.4) is 0 Å². The van der Waals surface area contributed by atoms with E-state index in [1.165, 1.54) is 0 Å². The number of carbonyl (C=O) groups excluding carboxylic acids is 1. The van der Waals surface area contributed by atoms with E-state index in [0.29, 0.717) is 6.04 Å². The maximum atomic E-state index is 11.4. The Hall–Kier alpha value is -1.39. The first-order chi connectivity index (χ1) is 10.6. The molecule has 0 aromatic heterocycles. The number of carbonyl (C=O) groups is 1. The van der Waals surface area contributed by atoms with Crippen molar-refractivity contribution in [2.45, 2.75) is 44.8 Å².